The van der Waals surface area contributed by atoms with E-state index in [1.54, 1.807) is 6.07 Å². The maximum Gasteiger partial charge on any atom is 0.289 e. The molecule has 0 spiro atoms. The van der Waals surface area contributed by atoms with E-state index >= 15 is 0 Å². The monoisotopic (exact) mass is 376 g/mol. The third-order valence-electron chi connectivity index (χ3n) is 4.25. The number of hydrogen-bond donors (Lipinski definition) is 1. The molecule has 1 saturated heterocycles. The topological polar surface area (TPSA) is 59.5 Å². The minimum Gasteiger partial charge on any atom is -0.451 e. The van der Waals surface area contributed by atoms with Crippen molar-refractivity contribution in [1.82, 2.24) is 4.90 Å². The zero-order valence-corrected chi connectivity index (χ0v) is 15.0. The number of hydrogen-bond acceptors (Lipinski definition) is 3. The summed E-state index contributed by atoms with van der Waals surface area (Å²) in [5, 5.41) is 0. The number of carbonyl (C=O) groups is 1. The molecule has 1 aliphatic rings. The minimum absolute atomic E-state index is 0.0367. The zero-order chi connectivity index (χ0) is 16.6. The Hall–Kier alpha value is -1.75. The molecule has 122 valence electrons. The molecule has 2 heterocycles. The Bertz CT molecular complexity index is 716. The van der Waals surface area contributed by atoms with Crippen LogP contribution in [0.1, 0.15) is 30.8 Å². The molecule has 1 aromatic carbocycles. The summed E-state index contributed by atoms with van der Waals surface area (Å²) in [4.78, 5) is 14.6. The van der Waals surface area contributed by atoms with Gasteiger partial charge in [-0.15, -0.1) is 0 Å². The van der Waals surface area contributed by atoms with Crippen molar-refractivity contribution in [3.63, 3.8) is 0 Å². The van der Waals surface area contributed by atoms with Crippen LogP contribution in [0.25, 0.3) is 11.3 Å². The molecule has 4 nitrogen and oxygen atoms in total. The van der Waals surface area contributed by atoms with Crippen molar-refractivity contribution in [1.29, 1.82) is 0 Å². The molecule has 0 aliphatic carbocycles. The maximum atomic E-state index is 12.7. The number of nitrogen functional groups attached to an aromatic ring is 1. The molecule has 0 bridgehead atoms. The van der Waals surface area contributed by atoms with E-state index in [1.165, 1.54) is 6.42 Å². The average Bonchev–Trinajstić information content (AvgIpc) is 2.95. The first-order valence-corrected chi connectivity index (χ1v) is 8.68. The third kappa shape index (κ3) is 3.44. The van der Waals surface area contributed by atoms with Crippen molar-refractivity contribution in [2.45, 2.75) is 20.3 Å². The largest absolute Gasteiger partial charge is 0.451 e. The van der Waals surface area contributed by atoms with Crippen molar-refractivity contribution in [2.75, 3.05) is 18.8 Å². The van der Waals surface area contributed by atoms with Crippen LogP contribution >= 0.6 is 15.9 Å². The summed E-state index contributed by atoms with van der Waals surface area (Å²) in [7, 11) is 0. The highest BCUT2D eigenvalue weighted by Gasteiger charge is 2.27. The molecule has 0 saturated carbocycles. The fourth-order valence-corrected chi connectivity index (χ4v) is 3.72. The molecule has 1 fully saturated rings. The number of furan rings is 1. The number of likely N-dealkylation sites (tertiary alicyclic amines) is 1. The highest BCUT2D eigenvalue weighted by atomic mass is 79.9. The third-order valence-corrected chi connectivity index (χ3v) is 4.75. The number of anilines is 1. The summed E-state index contributed by atoms with van der Waals surface area (Å²) in [6.07, 6.45) is 1.17. The van der Waals surface area contributed by atoms with Gasteiger partial charge in [0.15, 0.2) is 5.76 Å². The normalized spacial score (nSPS) is 21.4. The summed E-state index contributed by atoms with van der Waals surface area (Å²) in [6, 6.07) is 9.17. The van der Waals surface area contributed by atoms with Crippen molar-refractivity contribution in [2.24, 2.45) is 11.8 Å². The summed E-state index contributed by atoms with van der Waals surface area (Å²) in [5.41, 5.74) is 7.45. The molecule has 1 aromatic heterocycles. The molecular weight excluding hydrogens is 356 g/mol. The molecular formula is C18H21BrN2O2. The zero-order valence-electron chi connectivity index (χ0n) is 13.4. The number of benzene rings is 1. The molecule has 5 heteroatoms. The summed E-state index contributed by atoms with van der Waals surface area (Å²) in [5.74, 6) is 2.02. The van der Waals surface area contributed by atoms with Crippen molar-refractivity contribution >= 4 is 27.5 Å². The van der Waals surface area contributed by atoms with Gasteiger partial charge in [-0.3, -0.25) is 4.79 Å². The van der Waals surface area contributed by atoms with Gasteiger partial charge in [0.05, 0.1) is 0 Å². The molecule has 0 radical (unpaired) electrons. The number of carbonyl (C=O) groups excluding carboxylic acids is 1. The highest BCUT2D eigenvalue weighted by molar-refractivity contribution is 9.10. The lowest BCUT2D eigenvalue weighted by Gasteiger charge is -2.34. The van der Waals surface area contributed by atoms with E-state index in [0.717, 1.165) is 23.1 Å². The van der Waals surface area contributed by atoms with Crippen molar-refractivity contribution < 1.29 is 9.21 Å². The van der Waals surface area contributed by atoms with Crippen LogP contribution in [0, 0.1) is 11.8 Å². The Kier molecular flexibility index (Phi) is 4.48. The Morgan fingerprint density at radius 1 is 1.22 bits per heavy atom. The SMILES string of the molecule is CC1CC(C)CN(C(=O)c2ccc(-c3ccc(Br)cc3N)o2)C1. The van der Waals surface area contributed by atoms with Crippen LogP contribution in [-0.2, 0) is 0 Å². The van der Waals surface area contributed by atoms with Gasteiger partial charge in [-0.2, -0.15) is 0 Å². The lowest BCUT2D eigenvalue weighted by Crippen LogP contribution is -2.42. The smallest absolute Gasteiger partial charge is 0.289 e. The van der Waals surface area contributed by atoms with E-state index < -0.39 is 0 Å². The molecule has 1 amide bonds. The van der Waals surface area contributed by atoms with E-state index in [0.29, 0.717) is 29.0 Å². The Labute approximate surface area is 144 Å². The number of halogens is 1. The van der Waals surface area contributed by atoms with Crippen LogP contribution in [0.3, 0.4) is 0 Å². The van der Waals surface area contributed by atoms with Crippen LogP contribution < -0.4 is 5.73 Å². The lowest BCUT2D eigenvalue weighted by atomic mass is 9.92. The standard InChI is InChI=1S/C18H21BrN2O2/c1-11-7-12(2)10-21(9-11)18(22)17-6-5-16(23-17)14-4-3-13(19)8-15(14)20/h3-6,8,11-12H,7,9-10,20H2,1-2H3. The summed E-state index contributed by atoms with van der Waals surface area (Å²) >= 11 is 3.39. The Morgan fingerprint density at radius 3 is 2.57 bits per heavy atom. The van der Waals surface area contributed by atoms with Crippen LogP contribution in [0.15, 0.2) is 39.2 Å². The van der Waals surface area contributed by atoms with Gasteiger partial charge in [-0.05, 0) is 48.6 Å². The summed E-state index contributed by atoms with van der Waals surface area (Å²) in [6.45, 7) is 5.96. The van der Waals surface area contributed by atoms with Gasteiger partial charge >= 0.3 is 0 Å². The van der Waals surface area contributed by atoms with E-state index in [4.69, 9.17) is 10.2 Å². The van der Waals surface area contributed by atoms with Crippen molar-refractivity contribution in [3.05, 3.63) is 40.6 Å². The first-order chi connectivity index (χ1) is 10.9. The number of piperidine rings is 1. The van der Waals surface area contributed by atoms with Crippen LogP contribution in [0.4, 0.5) is 5.69 Å². The fourth-order valence-electron chi connectivity index (χ4n) is 3.34. The second-order valence-electron chi connectivity index (χ2n) is 6.55. The van der Waals surface area contributed by atoms with E-state index in [9.17, 15) is 4.79 Å². The minimum atomic E-state index is -0.0367. The average molecular weight is 377 g/mol. The van der Waals surface area contributed by atoms with Gasteiger partial charge in [0.25, 0.3) is 5.91 Å². The molecule has 2 aromatic rings. The second-order valence-corrected chi connectivity index (χ2v) is 7.47. The number of nitrogens with zero attached hydrogens (tertiary/aromatic N) is 1. The fraction of sp³-hybridized carbons (Fsp3) is 0.389. The van der Waals surface area contributed by atoms with Crippen LogP contribution in [0.5, 0.6) is 0 Å². The first kappa shape index (κ1) is 16.1. The molecule has 1 aliphatic heterocycles. The van der Waals surface area contributed by atoms with Crippen LogP contribution in [0.2, 0.25) is 0 Å². The predicted molar refractivity (Wildman–Crippen MR) is 95.1 cm³/mol. The molecule has 2 atom stereocenters. The Morgan fingerprint density at radius 2 is 1.91 bits per heavy atom. The van der Waals surface area contributed by atoms with E-state index in [2.05, 4.69) is 29.8 Å². The predicted octanol–water partition coefficient (Wildman–Crippen LogP) is 4.41. The number of amides is 1. The van der Waals surface area contributed by atoms with Gasteiger partial charge in [-0.1, -0.05) is 29.8 Å². The lowest BCUT2D eigenvalue weighted by molar-refractivity contribution is 0.0592. The second kappa shape index (κ2) is 6.40. The van der Waals surface area contributed by atoms with E-state index in [1.807, 2.05) is 29.2 Å². The van der Waals surface area contributed by atoms with Crippen molar-refractivity contribution in [3.8, 4) is 11.3 Å². The first-order valence-electron chi connectivity index (χ1n) is 7.88. The van der Waals surface area contributed by atoms with Gasteiger partial charge in [0, 0.05) is 28.8 Å². The molecule has 3 rings (SSSR count). The van der Waals surface area contributed by atoms with E-state index in [-0.39, 0.29) is 5.91 Å². The maximum absolute atomic E-state index is 12.7. The van der Waals surface area contributed by atoms with Crippen LogP contribution in [-0.4, -0.2) is 23.9 Å². The quantitative estimate of drug-likeness (QED) is 0.789. The molecule has 2 unspecified atom stereocenters. The van der Waals surface area contributed by atoms with Gasteiger partial charge in [-0.25, -0.2) is 0 Å². The van der Waals surface area contributed by atoms with Gasteiger partial charge in [0.1, 0.15) is 5.76 Å². The number of nitrogens with two attached hydrogens (primary N) is 1. The van der Waals surface area contributed by atoms with Gasteiger partial charge in [0.2, 0.25) is 0 Å². The number of rotatable bonds is 2. The summed E-state index contributed by atoms with van der Waals surface area (Å²) < 4.78 is 6.70. The molecule has 2 N–H and O–H groups in total. The molecule has 23 heavy (non-hydrogen) atoms. The Balaban J connectivity index is 1.82. The highest BCUT2D eigenvalue weighted by Crippen LogP contribution is 2.31. The van der Waals surface area contributed by atoms with Gasteiger partial charge < -0.3 is 15.1 Å².